The van der Waals surface area contributed by atoms with Crippen molar-refractivity contribution in [1.29, 1.82) is 0 Å². The van der Waals surface area contributed by atoms with Gasteiger partial charge in [-0.15, -0.1) is 0 Å². The SMILES string of the molecule is Cc1ccc(NN2C(=O)C3CC4C(=CCC5C(=O)N(c6ccc(Nc7ccccc7)cc6)C(=O)C54)C(c4ccccc4OCCO)C3(c3ccccc3)C2=O)cc1. The summed E-state index contributed by atoms with van der Waals surface area (Å²) in [7, 11) is 0. The van der Waals surface area contributed by atoms with Gasteiger partial charge in [-0.25, -0.2) is 0 Å². The van der Waals surface area contributed by atoms with Gasteiger partial charge in [0.1, 0.15) is 12.4 Å². The Bertz CT molecular complexity index is 2380. The number of rotatable bonds is 10. The number of anilines is 4. The van der Waals surface area contributed by atoms with Crippen LogP contribution in [-0.2, 0) is 24.6 Å². The van der Waals surface area contributed by atoms with E-state index in [9.17, 15) is 19.5 Å². The number of allylic oxidation sites excluding steroid dienone is 2. The third-order valence-corrected chi connectivity index (χ3v) is 12.2. The van der Waals surface area contributed by atoms with Crippen LogP contribution in [0.5, 0.6) is 5.75 Å². The molecular weight excluding hydrogens is 717 g/mol. The summed E-state index contributed by atoms with van der Waals surface area (Å²) in [6, 6.07) is 41.3. The van der Waals surface area contributed by atoms with Crippen molar-refractivity contribution in [2.45, 2.75) is 31.1 Å². The number of carbonyl (C=O) groups is 4. The molecule has 57 heavy (non-hydrogen) atoms. The van der Waals surface area contributed by atoms with Gasteiger partial charge in [0, 0.05) is 22.9 Å². The first-order chi connectivity index (χ1) is 27.8. The van der Waals surface area contributed by atoms with E-state index in [4.69, 9.17) is 4.74 Å². The third-order valence-electron chi connectivity index (χ3n) is 12.2. The molecule has 10 nitrogen and oxygen atoms in total. The number of hydrogen-bond donors (Lipinski definition) is 3. The highest BCUT2D eigenvalue weighted by atomic mass is 16.5. The van der Waals surface area contributed by atoms with E-state index in [0.717, 1.165) is 27.5 Å². The molecule has 2 saturated heterocycles. The number of aryl methyl sites for hydroxylation is 1. The summed E-state index contributed by atoms with van der Waals surface area (Å²) in [6.07, 6.45) is 2.52. The second kappa shape index (κ2) is 14.5. The fourth-order valence-corrected chi connectivity index (χ4v) is 9.73. The van der Waals surface area contributed by atoms with E-state index in [2.05, 4.69) is 10.7 Å². The summed E-state index contributed by atoms with van der Waals surface area (Å²) in [5.74, 6) is -4.49. The highest BCUT2D eigenvalue weighted by molar-refractivity contribution is 6.22. The lowest BCUT2D eigenvalue weighted by Crippen LogP contribution is -2.53. The highest BCUT2D eigenvalue weighted by Gasteiger charge is 2.70. The van der Waals surface area contributed by atoms with E-state index in [1.54, 1.807) is 18.2 Å². The number of nitrogens with one attached hydrogen (secondary N) is 2. The van der Waals surface area contributed by atoms with Crippen molar-refractivity contribution in [3.63, 3.8) is 0 Å². The molecule has 286 valence electrons. The monoisotopic (exact) mass is 758 g/mol. The molecular formula is C47H42N4O6. The first-order valence-electron chi connectivity index (χ1n) is 19.4. The summed E-state index contributed by atoms with van der Waals surface area (Å²) < 4.78 is 6.15. The Morgan fingerprint density at radius 3 is 2.09 bits per heavy atom. The van der Waals surface area contributed by atoms with Crippen LogP contribution in [0.25, 0.3) is 0 Å². The van der Waals surface area contributed by atoms with Crippen LogP contribution in [0.15, 0.2) is 145 Å². The van der Waals surface area contributed by atoms with Crippen LogP contribution in [0.4, 0.5) is 22.7 Å². The summed E-state index contributed by atoms with van der Waals surface area (Å²) in [4.78, 5) is 60.8. The van der Waals surface area contributed by atoms with Crippen LogP contribution in [0, 0.1) is 30.6 Å². The van der Waals surface area contributed by atoms with Gasteiger partial charge in [-0.1, -0.05) is 96.1 Å². The van der Waals surface area contributed by atoms with Gasteiger partial charge in [-0.3, -0.25) is 29.5 Å². The van der Waals surface area contributed by atoms with E-state index in [1.165, 1.54) is 4.90 Å². The third kappa shape index (κ3) is 5.90. The number of hydrogen-bond acceptors (Lipinski definition) is 8. The zero-order valence-electron chi connectivity index (χ0n) is 31.4. The number of para-hydroxylation sites is 2. The maximum atomic E-state index is 15.5. The molecule has 6 atom stereocenters. The lowest BCUT2D eigenvalue weighted by atomic mass is 9.49. The average Bonchev–Trinajstić information content (AvgIpc) is 3.62. The quantitative estimate of drug-likeness (QED) is 0.100. The first kappa shape index (κ1) is 36.1. The van der Waals surface area contributed by atoms with Gasteiger partial charge < -0.3 is 15.2 Å². The molecule has 3 N–H and O–H groups in total. The smallest absolute Gasteiger partial charge is 0.260 e. The van der Waals surface area contributed by atoms with Crippen molar-refractivity contribution in [3.05, 3.63) is 162 Å². The minimum absolute atomic E-state index is 0.0221. The number of aliphatic hydroxyl groups excluding tert-OH is 1. The van der Waals surface area contributed by atoms with Crippen molar-refractivity contribution in [3.8, 4) is 5.75 Å². The minimum atomic E-state index is -1.43. The van der Waals surface area contributed by atoms with Crippen molar-refractivity contribution >= 4 is 46.4 Å². The van der Waals surface area contributed by atoms with Crippen molar-refractivity contribution in [2.24, 2.45) is 23.7 Å². The predicted molar refractivity (Wildman–Crippen MR) is 216 cm³/mol. The molecule has 2 aliphatic heterocycles. The molecule has 0 spiro atoms. The number of hydrazine groups is 1. The minimum Gasteiger partial charge on any atom is -0.491 e. The summed E-state index contributed by atoms with van der Waals surface area (Å²) in [5, 5.41) is 14.3. The Kier molecular flexibility index (Phi) is 9.21. The van der Waals surface area contributed by atoms with Crippen LogP contribution < -0.4 is 20.4 Å². The van der Waals surface area contributed by atoms with Gasteiger partial charge in [0.2, 0.25) is 11.8 Å². The van der Waals surface area contributed by atoms with E-state index in [0.29, 0.717) is 34.7 Å². The number of aliphatic hydroxyl groups is 1. The predicted octanol–water partition coefficient (Wildman–Crippen LogP) is 7.30. The van der Waals surface area contributed by atoms with Crippen LogP contribution in [-0.4, -0.2) is 47.0 Å². The molecule has 0 radical (unpaired) electrons. The number of ether oxygens (including phenoxy) is 1. The van der Waals surface area contributed by atoms with Gasteiger partial charge in [0.05, 0.1) is 41.2 Å². The average molecular weight is 759 g/mol. The lowest BCUT2D eigenvalue weighted by molar-refractivity contribution is -0.138. The molecule has 10 heteroatoms. The Hall–Kier alpha value is -6.52. The highest BCUT2D eigenvalue weighted by Crippen LogP contribution is 2.65. The lowest BCUT2D eigenvalue weighted by Gasteiger charge is -2.50. The second-order valence-corrected chi connectivity index (χ2v) is 15.3. The van der Waals surface area contributed by atoms with Crippen LogP contribution in [0.1, 0.15) is 35.4 Å². The summed E-state index contributed by atoms with van der Waals surface area (Å²) in [5.41, 5.74) is 7.71. The Morgan fingerprint density at radius 1 is 0.719 bits per heavy atom. The van der Waals surface area contributed by atoms with Crippen molar-refractivity contribution in [2.75, 3.05) is 28.9 Å². The Labute approximate surface area is 330 Å². The van der Waals surface area contributed by atoms with Crippen LogP contribution in [0.3, 0.4) is 0 Å². The zero-order chi connectivity index (χ0) is 39.3. The Morgan fingerprint density at radius 2 is 1.37 bits per heavy atom. The molecule has 4 aliphatic rings. The fourth-order valence-electron chi connectivity index (χ4n) is 9.73. The van der Waals surface area contributed by atoms with Crippen LogP contribution >= 0.6 is 0 Å². The fraction of sp³-hybridized carbons (Fsp3) is 0.234. The van der Waals surface area contributed by atoms with Gasteiger partial charge in [0.25, 0.3) is 11.8 Å². The number of amides is 4. The largest absolute Gasteiger partial charge is 0.491 e. The van der Waals surface area contributed by atoms with E-state index in [-0.39, 0.29) is 31.4 Å². The second-order valence-electron chi connectivity index (χ2n) is 15.3. The molecule has 9 rings (SSSR count). The molecule has 3 fully saturated rings. The van der Waals surface area contributed by atoms with Crippen LogP contribution in [0.2, 0.25) is 0 Å². The Balaban J connectivity index is 1.16. The van der Waals surface area contributed by atoms with Gasteiger partial charge in [-0.05, 0) is 85.8 Å². The van der Waals surface area contributed by atoms with Crippen molar-refractivity contribution < 1.29 is 29.0 Å². The molecule has 5 aromatic carbocycles. The standard InChI is InChI=1S/C47H42N4O6/c1-29-16-18-33(19-17-29)49-51-44(54)39-28-38-35(42(36-14-8-9-15-40(36)57-27-26-52)47(39,46(51)56)30-10-4-2-5-11-30)24-25-37-41(38)45(55)50(43(37)53)34-22-20-32(21-23-34)48-31-12-6-3-7-13-31/h2-24,37-39,41-42,48-49,52H,25-28H2,1H3. The number of benzene rings is 5. The van der Waals surface area contributed by atoms with Gasteiger partial charge >= 0.3 is 0 Å². The molecule has 4 amide bonds. The molecule has 1 saturated carbocycles. The zero-order valence-corrected chi connectivity index (χ0v) is 31.4. The molecule has 2 aliphatic carbocycles. The maximum Gasteiger partial charge on any atom is 0.260 e. The number of imide groups is 2. The van der Waals surface area contributed by atoms with Gasteiger partial charge in [-0.2, -0.15) is 5.01 Å². The topological polar surface area (TPSA) is 128 Å². The molecule has 6 unspecified atom stereocenters. The first-order valence-corrected chi connectivity index (χ1v) is 19.4. The molecule has 0 aromatic heterocycles. The maximum absolute atomic E-state index is 15.5. The molecule has 5 aromatic rings. The number of carbonyl (C=O) groups excluding carboxylic acids is 4. The van der Waals surface area contributed by atoms with E-state index in [1.807, 2.05) is 128 Å². The number of nitrogens with zero attached hydrogens (tertiary/aromatic N) is 2. The number of fused-ring (bicyclic) bond motifs is 4. The normalized spacial score (nSPS) is 25.1. The summed E-state index contributed by atoms with van der Waals surface area (Å²) >= 11 is 0. The van der Waals surface area contributed by atoms with Crippen molar-refractivity contribution in [1.82, 2.24) is 5.01 Å². The van der Waals surface area contributed by atoms with E-state index < -0.39 is 46.8 Å². The summed E-state index contributed by atoms with van der Waals surface area (Å²) in [6.45, 7) is 1.77. The molecule has 0 bridgehead atoms. The van der Waals surface area contributed by atoms with Gasteiger partial charge in [0.15, 0.2) is 0 Å². The molecule has 2 heterocycles. The van der Waals surface area contributed by atoms with E-state index >= 15 is 4.79 Å².